The molecule has 6 nitrogen and oxygen atoms in total. The van der Waals surface area contributed by atoms with Crippen LogP contribution in [0.15, 0.2) is 36.5 Å². The summed E-state index contributed by atoms with van der Waals surface area (Å²) in [6, 6.07) is -0.636. The minimum Gasteiger partial charge on any atom is -0.466 e. The summed E-state index contributed by atoms with van der Waals surface area (Å²) in [5, 5.41) is 23.2. The first-order chi connectivity index (χ1) is 34.0. The van der Waals surface area contributed by atoms with Crippen molar-refractivity contribution in [2.24, 2.45) is 0 Å². The summed E-state index contributed by atoms with van der Waals surface area (Å²) in [7, 11) is 0. The number of ether oxygens (including phenoxy) is 1. The molecule has 0 saturated carbocycles. The number of allylic oxidation sites excluding steroid dienone is 5. The molecule has 0 rings (SSSR count). The van der Waals surface area contributed by atoms with Crippen molar-refractivity contribution in [3.8, 4) is 0 Å². The standard InChI is InChI=1S/C63H119NO5/c1-3-5-7-9-11-13-15-17-18-19-20-21-23-26-29-32-35-39-43-47-51-55-61(66)60(59-65)64-62(67)56-52-48-44-40-36-33-30-27-24-22-25-28-31-34-38-42-46-50-54-58-69-63(68)57-53-49-45-41-37-16-14-12-10-8-6-4-2/h28,31,34,38,51,55,60-61,65-66H,3-27,29-30,32-33,35-37,39-50,52-54,56-59H2,1-2H3,(H,64,67)/b31-28-,38-34-,55-51+. The largest absolute Gasteiger partial charge is 0.466 e. The highest BCUT2D eigenvalue weighted by Gasteiger charge is 2.18. The Balaban J connectivity index is 3.51. The molecule has 6 heteroatoms. The summed E-state index contributed by atoms with van der Waals surface area (Å²) < 4.78 is 5.44. The minimum absolute atomic E-state index is 0.0133. The Labute approximate surface area is 430 Å². The SMILES string of the molecule is CCCCCCCCCCCCCCCCCCCCC/C=C/C(O)C(CO)NC(=O)CCCCCCCCCCCC/C=C\C=C/CCCCCOC(=O)CCCCCCCCCCCCCC. The van der Waals surface area contributed by atoms with Gasteiger partial charge in [0.05, 0.1) is 25.4 Å². The topological polar surface area (TPSA) is 95.9 Å². The van der Waals surface area contributed by atoms with E-state index in [2.05, 4.69) is 43.5 Å². The molecule has 0 aliphatic carbocycles. The predicted molar refractivity (Wildman–Crippen MR) is 301 cm³/mol. The smallest absolute Gasteiger partial charge is 0.305 e. The molecule has 0 aliphatic rings. The number of aliphatic hydroxyl groups excluding tert-OH is 2. The number of aliphatic hydroxyl groups is 2. The lowest BCUT2D eigenvalue weighted by atomic mass is 10.0. The number of carbonyl (C=O) groups is 2. The van der Waals surface area contributed by atoms with E-state index in [4.69, 9.17) is 4.74 Å². The molecule has 0 heterocycles. The lowest BCUT2D eigenvalue weighted by molar-refractivity contribution is -0.143. The molecule has 0 aromatic carbocycles. The molecule has 0 saturated heterocycles. The van der Waals surface area contributed by atoms with Crippen molar-refractivity contribution in [3.05, 3.63) is 36.5 Å². The molecule has 1 amide bonds. The molecule has 2 atom stereocenters. The van der Waals surface area contributed by atoms with Gasteiger partial charge < -0.3 is 20.3 Å². The van der Waals surface area contributed by atoms with Gasteiger partial charge in [0.1, 0.15) is 0 Å². The first kappa shape index (κ1) is 67.1. The lowest BCUT2D eigenvalue weighted by Crippen LogP contribution is -2.45. The molecule has 0 fully saturated rings. The first-order valence-electron chi connectivity index (χ1n) is 30.8. The molecular weight excluding hydrogens is 851 g/mol. The maximum atomic E-state index is 12.5. The first-order valence-corrected chi connectivity index (χ1v) is 30.8. The van der Waals surface area contributed by atoms with Crippen molar-refractivity contribution in [2.75, 3.05) is 13.2 Å². The Hall–Kier alpha value is -1.92. The molecule has 0 radical (unpaired) electrons. The molecule has 2 unspecified atom stereocenters. The van der Waals surface area contributed by atoms with E-state index < -0.39 is 12.1 Å². The maximum absolute atomic E-state index is 12.5. The van der Waals surface area contributed by atoms with E-state index >= 15 is 0 Å². The quantitative estimate of drug-likeness (QED) is 0.0244. The van der Waals surface area contributed by atoms with Gasteiger partial charge in [-0.05, 0) is 64.2 Å². The Morgan fingerprint density at radius 3 is 1.07 bits per heavy atom. The molecular formula is C63H119NO5. The van der Waals surface area contributed by atoms with E-state index in [1.807, 2.05) is 6.08 Å². The molecule has 406 valence electrons. The van der Waals surface area contributed by atoms with E-state index in [0.29, 0.717) is 19.4 Å². The highest BCUT2D eigenvalue weighted by molar-refractivity contribution is 5.76. The summed E-state index contributed by atoms with van der Waals surface area (Å²) >= 11 is 0. The normalized spacial score (nSPS) is 12.8. The molecule has 3 N–H and O–H groups in total. The van der Waals surface area contributed by atoms with Gasteiger partial charge in [0.25, 0.3) is 0 Å². The van der Waals surface area contributed by atoms with Gasteiger partial charge in [-0.1, -0.05) is 288 Å². The van der Waals surface area contributed by atoms with Crippen LogP contribution in [-0.4, -0.2) is 47.4 Å². The number of hydrogen-bond donors (Lipinski definition) is 3. The van der Waals surface area contributed by atoms with Crippen LogP contribution in [-0.2, 0) is 14.3 Å². The van der Waals surface area contributed by atoms with Gasteiger partial charge in [-0.2, -0.15) is 0 Å². The third kappa shape index (κ3) is 55.2. The van der Waals surface area contributed by atoms with E-state index in [1.165, 1.54) is 225 Å². The second-order valence-corrected chi connectivity index (χ2v) is 21.1. The van der Waals surface area contributed by atoms with Crippen LogP contribution in [0.25, 0.3) is 0 Å². The van der Waals surface area contributed by atoms with Crippen molar-refractivity contribution >= 4 is 11.9 Å². The van der Waals surface area contributed by atoms with Crippen LogP contribution in [0.1, 0.15) is 328 Å². The molecule has 69 heavy (non-hydrogen) atoms. The number of esters is 1. The Morgan fingerprint density at radius 1 is 0.406 bits per heavy atom. The average molecular weight is 971 g/mol. The van der Waals surface area contributed by atoms with Gasteiger partial charge in [-0.15, -0.1) is 0 Å². The van der Waals surface area contributed by atoms with Crippen LogP contribution in [0.5, 0.6) is 0 Å². The van der Waals surface area contributed by atoms with Gasteiger partial charge in [0.2, 0.25) is 5.91 Å². The monoisotopic (exact) mass is 970 g/mol. The van der Waals surface area contributed by atoms with Gasteiger partial charge in [-0.25, -0.2) is 0 Å². The van der Waals surface area contributed by atoms with Gasteiger partial charge in [0, 0.05) is 12.8 Å². The van der Waals surface area contributed by atoms with E-state index in [9.17, 15) is 19.8 Å². The van der Waals surface area contributed by atoms with Crippen LogP contribution in [0.3, 0.4) is 0 Å². The van der Waals surface area contributed by atoms with Crippen LogP contribution in [0.2, 0.25) is 0 Å². The summed E-state index contributed by atoms with van der Waals surface area (Å²) in [5.74, 6) is -0.0887. The van der Waals surface area contributed by atoms with Crippen LogP contribution >= 0.6 is 0 Å². The number of nitrogens with one attached hydrogen (secondary N) is 1. The lowest BCUT2D eigenvalue weighted by Gasteiger charge is -2.20. The molecule has 0 bridgehead atoms. The second kappa shape index (κ2) is 58.6. The van der Waals surface area contributed by atoms with Gasteiger partial charge >= 0.3 is 5.97 Å². The zero-order chi connectivity index (χ0) is 50.0. The van der Waals surface area contributed by atoms with Crippen molar-refractivity contribution in [3.63, 3.8) is 0 Å². The number of amides is 1. The van der Waals surface area contributed by atoms with Crippen LogP contribution < -0.4 is 5.32 Å². The predicted octanol–water partition coefficient (Wildman–Crippen LogP) is 19.2. The average Bonchev–Trinajstić information content (AvgIpc) is 3.35. The van der Waals surface area contributed by atoms with Crippen LogP contribution in [0.4, 0.5) is 0 Å². The molecule has 0 aromatic rings. The highest BCUT2D eigenvalue weighted by Crippen LogP contribution is 2.17. The zero-order valence-corrected chi connectivity index (χ0v) is 46.3. The van der Waals surface area contributed by atoms with Crippen molar-refractivity contribution < 1.29 is 24.5 Å². The van der Waals surface area contributed by atoms with Gasteiger partial charge in [-0.3, -0.25) is 9.59 Å². The zero-order valence-electron chi connectivity index (χ0n) is 46.3. The number of rotatable bonds is 57. The van der Waals surface area contributed by atoms with E-state index in [0.717, 1.165) is 77.0 Å². The summed E-state index contributed by atoms with van der Waals surface area (Å²) in [4.78, 5) is 24.5. The third-order valence-corrected chi connectivity index (χ3v) is 14.2. The highest BCUT2D eigenvalue weighted by atomic mass is 16.5. The third-order valence-electron chi connectivity index (χ3n) is 14.2. The molecule has 0 spiro atoms. The Morgan fingerprint density at radius 2 is 0.710 bits per heavy atom. The van der Waals surface area contributed by atoms with E-state index in [1.54, 1.807) is 6.08 Å². The van der Waals surface area contributed by atoms with Crippen molar-refractivity contribution in [1.82, 2.24) is 5.32 Å². The fourth-order valence-electron chi connectivity index (χ4n) is 9.45. The fourth-order valence-corrected chi connectivity index (χ4v) is 9.45. The van der Waals surface area contributed by atoms with Crippen molar-refractivity contribution in [1.29, 1.82) is 0 Å². The second-order valence-electron chi connectivity index (χ2n) is 21.1. The molecule has 0 aliphatic heterocycles. The van der Waals surface area contributed by atoms with Crippen molar-refractivity contribution in [2.45, 2.75) is 341 Å². The summed E-state index contributed by atoms with van der Waals surface area (Å²) in [5.41, 5.74) is 0. The minimum atomic E-state index is -0.852. The maximum Gasteiger partial charge on any atom is 0.305 e. The number of carbonyl (C=O) groups excluding carboxylic acids is 2. The van der Waals surface area contributed by atoms with E-state index in [-0.39, 0.29) is 18.5 Å². The van der Waals surface area contributed by atoms with Gasteiger partial charge in [0.15, 0.2) is 0 Å². The summed E-state index contributed by atoms with van der Waals surface area (Å²) in [6.07, 6.45) is 73.2. The number of hydrogen-bond acceptors (Lipinski definition) is 5. The molecule has 0 aromatic heterocycles. The Kier molecular flexibility index (Phi) is 57.0. The summed E-state index contributed by atoms with van der Waals surface area (Å²) in [6.45, 7) is 4.88. The van der Waals surface area contributed by atoms with Crippen LogP contribution in [0, 0.1) is 0 Å². The number of unbranched alkanes of at least 4 members (excludes halogenated alkanes) is 43. The Bertz CT molecular complexity index is 1120. The fraction of sp³-hybridized carbons (Fsp3) is 0.873.